The SMILES string of the molecule is CC(C)COCCCNC1=NCC(C)CS1. The quantitative estimate of drug-likeness (QED) is 0.728. The predicted molar refractivity (Wildman–Crippen MR) is 72.2 cm³/mol. The molecular weight excluding hydrogens is 220 g/mol. The van der Waals surface area contributed by atoms with Gasteiger partial charge < -0.3 is 10.1 Å². The predicted octanol–water partition coefficient (Wildman–Crippen LogP) is 2.38. The Hall–Kier alpha value is -0.220. The second kappa shape index (κ2) is 7.96. The Morgan fingerprint density at radius 1 is 1.56 bits per heavy atom. The lowest BCUT2D eigenvalue weighted by Crippen LogP contribution is -2.27. The maximum atomic E-state index is 5.51. The first-order valence-electron chi connectivity index (χ1n) is 6.17. The number of thioether (sulfide) groups is 1. The fraction of sp³-hybridized carbons (Fsp3) is 0.917. The highest BCUT2D eigenvalue weighted by atomic mass is 32.2. The highest BCUT2D eigenvalue weighted by Crippen LogP contribution is 2.15. The molecule has 0 spiro atoms. The maximum absolute atomic E-state index is 5.51. The molecule has 0 saturated heterocycles. The zero-order valence-corrected chi connectivity index (χ0v) is 11.5. The molecule has 1 aliphatic rings. The van der Waals surface area contributed by atoms with Crippen LogP contribution in [-0.2, 0) is 4.74 Å². The second-order valence-corrected chi connectivity index (χ2v) is 5.82. The van der Waals surface area contributed by atoms with Crippen molar-refractivity contribution < 1.29 is 4.74 Å². The summed E-state index contributed by atoms with van der Waals surface area (Å²) in [5, 5.41) is 4.48. The van der Waals surface area contributed by atoms with Crippen molar-refractivity contribution in [1.82, 2.24) is 5.32 Å². The molecule has 4 heteroatoms. The Morgan fingerprint density at radius 2 is 2.38 bits per heavy atom. The van der Waals surface area contributed by atoms with Crippen LogP contribution in [0.1, 0.15) is 27.2 Å². The van der Waals surface area contributed by atoms with Gasteiger partial charge in [0.15, 0.2) is 5.17 Å². The van der Waals surface area contributed by atoms with Gasteiger partial charge in [-0.1, -0.05) is 32.5 Å². The van der Waals surface area contributed by atoms with Crippen molar-refractivity contribution in [3.63, 3.8) is 0 Å². The average Bonchev–Trinajstić information content (AvgIpc) is 2.25. The van der Waals surface area contributed by atoms with Gasteiger partial charge in [0.05, 0.1) is 0 Å². The molecule has 0 radical (unpaired) electrons. The van der Waals surface area contributed by atoms with Crippen LogP contribution in [0.5, 0.6) is 0 Å². The van der Waals surface area contributed by atoms with Gasteiger partial charge in [0.2, 0.25) is 0 Å². The van der Waals surface area contributed by atoms with Crippen LogP contribution in [0.4, 0.5) is 0 Å². The molecule has 0 bridgehead atoms. The van der Waals surface area contributed by atoms with E-state index in [1.807, 2.05) is 11.8 Å². The van der Waals surface area contributed by atoms with Crippen molar-refractivity contribution in [2.24, 2.45) is 16.8 Å². The number of nitrogens with zero attached hydrogens (tertiary/aromatic N) is 1. The third-order valence-corrected chi connectivity index (χ3v) is 3.53. The average molecular weight is 244 g/mol. The Morgan fingerprint density at radius 3 is 3.00 bits per heavy atom. The minimum Gasteiger partial charge on any atom is -0.381 e. The number of amidine groups is 1. The van der Waals surface area contributed by atoms with Gasteiger partial charge in [-0.15, -0.1) is 0 Å². The Bertz CT molecular complexity index is 219. The van der Waals surface area contributed by atoms with Gasteiger partial charge in [-0.3, -0.25) is 4.99 Å². The molecular formula is C12H24N2OS. The molecule has 1 atom stereocenters. The first-order valence-corrected chi connectivity index (χ1v) is 7.16. The van der Waals surface area contributed by atoms with Crippen molar-refractivity contribution >= 4 is 16.9 Å². The van der Waals surface area contributed by atoms with E-state index in [0.717, 1.165) is 43.8 Å². The Labute approximate surface area is 103 Å². The molecule has 0 saturated carbocycles. The lowest BCUT2D eigenvalue weighted by Gasteiger charge is -2.17. The number of rotatable bonds is 6. The van der Waals surface area contributed by atoms with Crippen molar-refractivity contribution in [3.8, 4) is 0 Å². The van der Waals surface area contributed by atoms with Crippen LogP contribution in [-0.4, -0.2) is 37.2 Å². The second-order valence-electron chi connectivity index (χ2n) is 4.81. The van der Waals surface area contributed by atoms with E-state index < -0.39 is 0 Å². The molecule has 0 amide bonds. The molecule has 0 aromatic carbocycles. The summed E-state index contributed by atoms with van der Waals surface area (Å²) in [4.78, 5) is 4.48. The van der Waals surface area contributed by atoms with Crippen LogP contribution in [0.15, 0.2) is 4.99 Å². The molecule has 1 heterocycles. The van der Waals surface area contributed by atoms with Gasteiger partial charge in [-0.2, -0.15) is 0 Å². The van der Waals surface area contributed by atoms with Crippen LogP contribution < -0.4 is 5.32 Å². The first-order chi connectivity index (χ1) is 7.68. The monoisotopic (exact) mass is 244 g/mol. The Kier molecular flexibility index (Phi) is 6.88. The largest absolute Gasteiger partial charge is 0.381 e. The summed E-state index contributed by atoms with van der Waals surface area (Å²) in [6, 6.07) is 0. The van der Waals surface area contributed by atoms with Crippen LogP contribution in [0.25, 0.3) is 0 Å². The Balaban J connectivity index is 1.95. The molecule has 1 rings (SSSR count). The van der Waals surface area contributed by atoms with Gasteiger partial charge in [0.1, 0.15) is 0 Å². The smallest absolute Gasteiger partial charge is 0.156 e. The highest BCUT2D eigenvalue weighted by molar-refractivity contribution is 8.13. The molecule has 3 nitrogen and oxygen atoms in total. The molecule has 94 valence electrons. The molecule has 0 fully saturated rings. The third kappa shape index (κ3) is 6.38. The summed E-state index contributed by atoms with van der Waals surface area (Å²) in [5.41, 5.74) is 0. The van der Waals surface area contributed by atoms with E-state index >= 15 is 0 Å². The molecule has 1 unspecified atom stereocenters. The normalized spacial score (nSPS) is 21.0. The van der Waals surface area contributed by atoms with Crippen LogP contribution in [0, 0.1) is 11.8 Å². The van der Waals surface area contributed by atoms with Crippen molar-refractivity contribution in [2.45, 2.75) is 27.2 Å². The number of nitrogens with one attached hydrogen (secondary N) is 1. The zero-order valence-electron chi connectivity index (χ0n) is 10.7. The summed E-state index contributed by atoms with van der Waals surface area (Å²) in [5.74, 6) is 2.55. The van der Waals surface area contributed by atoms with Crippen LogP contribution in [0.2, 0.25) is 0 Å². The summed E-state index contributed by atoms with van der Waals surface area (Å²) < 4.78 is 5.51. The lowest BCUT2D eigenvalue weighted by atomic mass is 10.2. The minimum absolute atomic E-state index is 0.632. The summed E-state index contributed by atoms with van der Waals surface area (Å²) in [6.45, 7) is 10.2. The number of hydrogen-bond acceptors (Lipinski definition) is 4. The van der Waals surface area contributed by atoms with E-state index in [1.165, 1.54) is 5.75 Å². The topological polar surface area (TPSA) is 33.6 Å². The molecule has 0 aliphatic carbocycles. The summed E-state index contributed by atoms with van der Waals surface area (Å²) in [6.07, 6.45) is 1.06. The van der Waals surface area contributed by atoms with Gasteiger partial charge >= 0.3 is 0 Å². The van der Waals surface area contributed by atoms with Crippen LogP contribution >= 0.6 is 11.8 Å². The molecule has 0 aromatic rings. The number of aliphatic imine (C=N–C) groups is 1. The van der Waals surface area contributed by atoms with Gasteiger partial charge in [0, 0.05) is 32.1 Å². The third-order valence-electron chi connectivity index (χ3n) is 2.24. The van der Waals surface area contributed by atoms with E-state index in [1.54, 1.807) is 0 Å². The maximum Gasteiger partial charge on any atom is 0.156 e. The zero-order chi connectivity index (χ0) is 11.8. The summed E-state index contributed by atoms with van der Waals surface area (Å²) in [7, 11) is 0. The van der Waals surface area contributed by atoms with E-state index in [0.29, 0.717) is 5.92 Å². The molecule has 16 heavy (non-hydrogen) atoms. The number of ether oxygens (including phenoxy) is 1. The van der Waals surface area contributed by atoms with Gasteiger partial charge in [0.25, 0.3) is 0 Å². The summed E-state index contributed by atoms with van der Waals surface area (Å²) >= 11 is 1.84. The first kappa shape index (κ1) is 13.8. The van der Waals surface area contributed by atoms with Crippen molar-refractivity contribution in [3.05, 3.63) is 0 Å². The van der Waals surface area contributed by atoms with Crippen LogP contribution in [0.3, 0.4) is 0 Å². The molecule has 1 aliphatic heterocycles. The van der Waals surface area contributed by atoms with Gasteiger partial charge in [-0.25, -0.2) is 0 Å². The standard InChI is InChI=1S/C12H24N2OS/c1-10(2)8-15-6-4-5-13-12-14-7-11(3)9-16-12/h10-11H,4-9H2,1-3H3,(H,13,14). The van der Waals surface area contributed by atoms with Crippen molar-refractivity contribution in [1.29, 1.82) is 0 Å². The van der Waals surface area contributed by atoms with E-state index in [9.17, 15) is 0 Å². The van der Waals surface area contributed by atoms with E-state index in [-0.39, 0.29) is 0 Å². The highest BCUT2D eigenvalue weighted by Gasteiger charge is 2.10. The lowest BCUT2D eigenvalue weighted by molar-refractivity contribution is 0.108. The fourth-order valence-electron chi connectivity index (χ4n) is 1.35. The fourth-order valence-corrected chi connectivity index (χ4v) is 2.27. The van der Waals surface area contributed by atoms with E-state index in [4.69, 9.17) is 4.74 Å². The van der Waals surface area contributed by atoms with E-state index in [2.05, 4.69) is 31.1 Å². The van der Waals surface area contributed by atoms with Crippen molar-refractivity contribution in [2.75, 3.05) is 32.1 Å². The minimum atomic E-state index is 0.632. The molecule has 1 N–H and O–H groups in total. The van der Waals surface area contributed by atoms with Gasteiger partial charge in [-0.05, 0) is 18.3 Å². The molecule has 0 aromatic heterocycles. The number of hydrogen-bond donors (Lipinski definition) is 1.